The molecule has 1 aromatic rings. The van der Waals surface area contributed by atoms with Crippen LogP contribution in [0.5, 0.6) is 0 Å². The van der Waals surface area contributed by atoms with Gasteiger partial charge in [-0.15, -0.1) is 0 Å². The van der Waals surface area contributed by atoms with Gasteiger partial charge in [-0.1, -0.05) is 0 Å². The van der Waals surface area contributed by atoms with Crippen LogP contribution in [0.2, 0.25) is 0 Å². The van der Waals surface area contributed by atoms with Gasteiger partial charge in [0.05, 0.1) is 11.6 Å². The number of rotatable bonds is 0. The second-order valence-electron chi connectivity index (χ2n) is 5.35. The Balaban J connectivity index is 0.000000256. The SMILES string of the molecule is N#Cc1ccc2c(c1)C[C@@H]1CNCCN1C2=O.O=C(O)C(F)(F)F. The number of benzene rings is 1. The minimum atomic E-state index is -5.08. The van der Waals surface area contributed by atoms with Crippen molar-refractivity contribution in [1.29, 1.82) is 5.26 Å². The molecule has 128 valence electrons. The number of carboxylic acid groups (broad SMARTS) is 1. The summed E-state index contributed by atoms with van der Waals surface area (Å²) in [6, 6.07) is 7.73. The van der Waals surface area contributed by atoms with Crippen molar-refractivity contribution >= 4 is 11.9 Å². The van der Waals surface area contributed by atoms with Crippen molar-refractivity contribution in [3.05, 3.63) is 34.9 Å². The van der Waals surface area contributed by atoms with Crippen molar-refractivity contribution in [3.8, 4) is 6.07 Å². The molecule has 0 aliphatic carbocycles. The van der Waals surface area contributed by atoms with Gasteiger partial charge in [0.1, 0.15) is 0 Å². The molecular weight excluding hydrogens is 327 g/mol. The van der Waals surface area contributed by atoms with Gasteiger partial charge in [-0.25, -0.2) is 4.79 Å². The number of carbonyl (C=O) groups is 2. The Labute approximate surface area is 135 Å². The Kier molecular flexibility index (Phi) is 5.09. The van der Waals surface area contributed by atoms with Crippen molar-refractivity contribution < 1.29 is 27.9 Å². The number of fused-ring (bicyclic) bond motifs is 2. The lowest BCUT2D eigenvalue weighted by Gasteiger charge is -2.40. The lowest BCUT2D eigenvalue weighted by molar-refractivity contribution is -0.192. The van der Waals surface area contributed by atoms with E-state index >= 15 is 0 Å². The molecule has 2 heterocycles. The van der Waals surface area contributed by atoms with Gasteiger partial charge < -0.3 is 15.3 Å². The summed E-state index contributed by atoms with van der Waals surface area (Å²) in [7, 11) is 0. The molecule has 0 saturated carbocycles. The third-order valence-electron chi connectivity index (χ3n) is 3.77. The van der Waals surface area contributed by atoms with Gasteiger partial charge in [0.2, 0.25) is 0 Å². The van der Waals surface area contributed by atoms with Crippen LogP contribution in [0, 0.1) is 11.3 Å². The number of nitrogens with one attached hydrogen (secondary N) is 1. The van der Waals surface area contributed by atoms with Crippen LogP contribution in [0.25, 0.3) is 0 Å². The molecule has 1 aromatic carbocycles. The monoisotopic (exact) mass is 341 g/mol. The molecule has 1 atom stereocenters. The van der Waals surface area contributed by atoms with Crippen LogP contribution in [0.3, 0.4) is 0 Å². The summed E-state index contributed by atoms with van der Waals surface area (Å²) < 4.78 is 31.7. The maximum Gasteiger partial charge on any atom is 0.490 e. The molecule has 0 aromatic heterocycles. The number of aliphatic carboxylic acids is 1. The topological polar surface area (TPSA) is 93.4 Å². The molecule has 0 bridgehead atoms. The number of amides is 1. The Bertz CT molecular complexity index is 697. The predicted octanol–water partition coefficient (Wildman–Crippen LogP) is 1.16. The number of carboxylic acids is 1. The smallest absolute Gasteiger partial charge is 0.475 e. The second-order valence-corrected chi connectivity index (χ2v) is 5.35. The van der Waals surface area contributed by atoms with E-state index in [0.717, 1.165) is 37.2 Å². The first-order valence-electron chi connectivity index (χ1n) is 7.09. The molecule has 1 fully saturated rings. The number of hydrogen-bond acceptors (Lipinski definition) is 4. The first-order valence-corrected chi connectivity index (χ1v) is 7.09. The van der Waals surface area contributed by atoms with Crippen LogP contribution in [0.1, 0.15) is 21.5 Å². The maximum absolute atomic E-state index is 12.3. The lowest BCUT2D eigenvalue weighted by Crippen LogP contribution is -2.56. The summed E-state index contributed by atoms with van der Waals surface area (Å²) in [5.74, 6) is -2.64. The van der Waals surface area contributed by atoms with E-state index in [1.54, 1.807) is 12.1 Å². The Morgan fingerprint density at radius 2 is 2.08 bits per heavy atom. The first kappa shape index (κ1) is 17.7. The largest absolute Gasteiger partial charge is 0.490 e. The highest BCUT2D eigenvalue weighted by atomic mass is 19.4. The Morgan fingerprint density at radius 3 is 2.67 bits per heavy atom. The van der Waals surface area contributed by atoms with Crippen molar-refractivity contribution in [3.63, 3.8) is 0 Å². The van der Waals surface area contributed by atoms with E-state index in [9.17, 15) is 18.0 Å². The molecule has 2 N–H and O–H groups in total. The van der Waals surface area contributed by atoms with Crippen molar-refractivity contribution in [1.82, 2.24) is 10.2 Å². The lowest BCUT2D eigenvalue weighted by atomic mass is 9.91. The molecule has 2 aliphatic heterocycles. The fourth-order valence-electron chi connectivity index (χ4n) is 2.66. The normalized spacial score (nSPS) is 19.3. The van der Waals surface area contributed by atoms with Gasteiger partial charge in [0.15, 0.2) is 0 Å². The van der Waals surface area contributed by atoms with Gasteiger partial charge in [-0.2, -0.15) is 18.4 Å². The highest BCUT2D eigenvalue weighted by Crippen LogP contribution is 2.25. The molecule has 3 rings (SSSR count). The van der Waals surface area contributed by atoms with Gasteiger partial charge in [-0.05, 0) is 30.2 Å². The summed E-state index contributed by atoms with van der Waals surface area (Å²) >= 11 is 0. The van der Waals surface area contributed by atoms with Crippen molar-refractivity contribution in [2.75, 3.05) is 19.6 Å². The molecule has 2 aliphatic rings. The van der Waals surface area contributed by atoms with Gasteiger partial charge in [0.25, 0.3) is 5.91 Å². The number of piperazine rings is 1. The standard InChI is InChI=1S/C13H13N3O.C2HF3O2/c14-7-9-1-2-12-10(5-9)6-11-8-15-3-4-16(11)13(12)17;3-2(4,5)1(6)7/h1-2,5,11,15H,3-4,6,8H2;(H,6,7)/t11-;/m1./s1. The third kappa shape index (κ3) is 3.83. The summed E-state index contributed by atoms with van der Waals surface area (Å²) in [6.07, 6.45) is -4.23. The number of alkyl halides is 3. The third-order valence-corrected chi connectivity index (χ3v) is 3.77. The zero-order chi connectivity index (χ0) is 17.9. The van der Waals surface area contributed by atoms with Crippen LogP contribution >= 0.6 is 0 Å². The Morgan fingerprint density at radius 1 is 1.42 bits per heavy atom. The summed E-state index contributed by atoms with van der Waals surface area (Å²) in [4.78, 5) is 23.1. The quantitative estimate of drug-likeness (QED) is 0.739. The average Bonchev–Trinajstić information content (AvgIpc) is 2.54. The minimum Gasteiger partial charge on any atom is -0.475 e. The Hall–Kier alpha value is -2.60. The first-order chi connectivity index (χ1) is 11.2. The van der Waals surface area contributed by atoms with Crippen LogP contribution in [-0.4, -0.2) is 53.7 Å². The minimum absolute atomic E-state index is 0.113. The van der Waals surface area contributed by atoms with Crippen LogP contribution in [-0.2, 0) is 11.2 Å². The molecule has 6 nitrogen and oxygen atoms in total. The second kappa shape index (κ2) is 6.88. The average molecular weight is 341 g/mol. The van der Waals surface area contributed by atoms with E-state index in [2.05, 4.69) is 11.4 Å². The van der Waals surface area contributed by atoms with Gasteiger partial charge in [-0.3, -0.25) is 4.79 Å². The number of nitrogens with zero attached hydrogens (tertiary/aromatic N) is 2. The molecule has 1 amide bonds. The van der Waals surface area contributed by atoms with E-state index in [0.29, 0.717) is 5.56 Å². The molecule has 0 spiro atoms. The van der Waals surface area contributed by atoms with Crippen LogP contribution in [0.15, 0.2) is 18.2 Å². The molecular formula is C15H14F3N3O3. The number of nitriles is 1. The van der Waals surface area contributed by atoms with E-state index in [1.165, 1.54) is 0 Å². The molecule has 1 saturated heterocycles. The van der Waals surface area contributed by atoms with E-state index in [4.69, 9.17) is 15.2 Å². The number of halogens is 3. The molecule has 9 heteroatoms. The zero-order valence-electron chi connectivity index (χ0n) is 12.4. The molecule has 24 heavy (non-hydrogen) atoms. The highest BCUT2D eigenvalue weighted by molar-refractivity contribution is 5.97. The highest BCUT2D eigenvalue weighted by Gasteiger charge is 2.38. The van der Waals surface area contributed by atoms with Crippen molar-refractivity contribution in [2.45, 2.75) is 18.6 Å². The number of hydrogen-bond donors (Lipinski definition) is 2. The summed E-state index contributed by atoms with van der Waals surface area (Å²) in [5.41, 5.74) is 2.41. The van der Waals surface area contributed by atoms with Crippen LogP contribution in [0.4, 0.5) is 13.2 Å². The predicted molar refractivity (Wildman–Crippen MR) is 76.2 cm³/mol. The maximum atomic E-state index is 12.3. The van der Waals surface area contributed by atoms with E-state index in [-0.39, 0.29) is 11.9 Å². The number of carbonyl (C=O) groups excluding carboxylic acids is 1. The summed E-state index contributed by atoms with van der Waals surface area (Å²) in [5, 5.41) is 19.3. The summed E-state index contributed by atoms with van der Waals surface area (Å²) in [6.45, 7) is 2.50. The fourth-order valence-corrected chi connectivity index (χ4v) is 2.66. The van der Waals surface area contributed by atoms with Crippen molar-refractivity contribution in [2.24, 2.45) is 0 Å². The molecule has 0 unspecified atom stereocenters. The van der Waals surface area contributed by atoms with E-state index < -0.39 is 12.1 Å². The van der Waals surface area contributed by atoms with Crippen LogP contribution < -0.4 is 5.32 Å². The fraction of sp³-hybridized carbons (Fsp3) is 0.400. The zero-order valence-corrected chi connectivity index (χ0v) is 12.4. The van der Waals surface area contributed by atoms with Gasteiger partial charge in [0, 0.05) is 31.2 Å². The van der Waals surface area contributed by atoms with E-state index in [1.807, 2.05) is 11.0 Å². The molecule has 0 radical (unpaired) electrons. The van der Waals surface area contributed by atoms with Gasteiger partial charge >= 0.3 is 12.1 Å².